The minimum absolute atomic E-state index is 0.129. The molecule has 1 aromatic heterocycles. The summed E-state index contributed by atoms with van der Waals surface area (Å²) in [4.78, 5) is 25.7. The van der Waals surface area contributed by atoms with Crippen LogP contribution in [0.2, 0.25) is 0 Å². The monoisotopic (exact) mass is 314 g/mol. The Balaban J connectivity index is 1.77. The molecule has 1 aliphatic rings. The smallest absolute Gasteiger partial charge is 0.325 e. The fourth-order valence-electron chi connectivity index (χ4n) is 2.61. The minimum atomic E-state index is -1.02. The van der Waals surface area contributed by atoms with Gasteiger partial charge in [0, 0.05) is 13.3 Å². The number of carbonyl (C=O) groups excluding carboxylic acids is 2. The number of nitrogens with zero attached hydrogens (tertiary/aromatic N) is 3. The van der Waals surface area contributed by atoms with Crippen molar-refractivity contribution in [2.24, 2.45) is 0 Å². The standard InChI is InChI=1S/C16H18N4O3/c1-16(11-23-2)14(21)19(15(22)17-16)10-12-8-9-20(18-12)13-6-4-3-5-7-13/h3-9H,10-11H2,1-2H3,(H,17,22)/t16-/m0/s1. The van der Waals surface area contributed by atoms with Crippen LogP contribution in [0.1, 0.15) is 12.6 Å². The van der Waals surface area contributed by atoms with E-state index in [1.165, 1.54) is 7.11 Å². The Morgan fingerprint density at radius 3 is 2.65 bits per heavy atom. The van der Waals surface area contributed by atoms with Crippen molar-refractivity contribution in [3.8, 4) is 5.69 Å². The third kappa shape index (κ3) is 2.83. The van der Waals surface area contributed by atoms with Gasteiger partial charge in [-0.3, -0.25) is 9.69 Å². The molecule has 1 N–H and O–H groups in total. The fraction of sp³-hybridized carbons (Fsp3) is 0.312. The zero-order valence-corrected chi connectivity index (χ0v) is 13.0. The zero-order chi connectivity index (χ0) is 16.4. The lowest BCUT2D eigenvalue weighted by atomic mass is 10.0. The third-order valence-corrected chi connectivity index (χ3v) is 3.76. The van der Waals surface area contributed by atoms with Crippen LogP contribution >= 0.6 is 0 Å². The Morgan fingerprint density at radius 2 is 1.96 bits per heavy atom. The molecule has 0 radical (unpaired) electrons. The molecule has 1 aliphatic heterocycles. The number of aromatic nitrogens is 2. The number of urea groups is 1. The van der Waals surface area contributed by atoms with Gasteiger partial charge in [-0.25, -0.2) is 9.48 Å². The number of ether oxygens (including phenoxy) is 1. The van der Waals surface area contributed by atoms with Crippen molar-refractivity contribution in [3.05, 3.63) is 48.3 Å². The van der Waals surface area contributed by atoms with Gasteiger partial charge in [0.25, 0.3) is 5.91 Å². The Labute approximate surface area is 133 Å². The average molecular weight is 314 g/mol. The predicted molar refractivity (Wildman–Crippen MR) is 82.9 cm³/mol. The fourth-order valence-corrected chi connectivity index (χ4v) is 2.61. The lowest BCUT2D eigenvalue weighted by Crippen LogP contribution is -2.47. The van der Waals surface area contributed by atoms with E-state index in [1.807, 2.05) is 30.3 Å². The molecule has 1 fully saturated rings. The van der Waals surface area contributed by atoms with Gasteiger partial charge in [0.05, 0.1) is 24.5 Å². The molecular weight excluding hydrogens is 296 g/mol. The molecule has 7 nitrogen and oxygen atoms in total. The number of benzene rings is 1. The second-order valence-electron chi connectivity index (χ2n) is 5.67. The van der Waals surface area contributed by atoms with Crippen molar-refractivity contribution in [3.63, 3.8) is 0 Å². The molecule has 0 spiro atoms. The Kier molecular flexibility index (Phi) is 3.87. The van der Waals surface area contributed by atoms with E-state index in [9.17, 15) is 9.59 Å². The summed E-state index contributed by atoms with van der Waals surface area (Å²) in [5, 5.41) is 7.09. The normalized spacial score (nSPS) is 20.9. The topological polar surface area (TPSA) is 76.5 Å². The lowest BCUT2D eigenvalue weighted by Gasteiger charge is -2.20. The van der Waals surface area contributed by atoms with Crippen LogP contribution in [0.15, 0.2) is 42.6 Å². The first-order chi connectivity index (χ1) is 11.0. The van der Waals surface area contributed by atoms with E-state index in [4.69, 9.17) is 4.74 Å². The molecule has 3 amide bonds. The number of imide groups is 1. The number of nitrogens with one attached hydrogen (secondary N) is 1. The van der Waals surface area contributed by atoms with E-state index < -0.39 is 11.6 Å². The predicted octanol–water partition coefficient (Wildman–Crippen LogP) is 1.33. The number of para-hydroxylation sites is 1. The SMILES string of the molecule is COC[C@]1(C)NC(=O)N(Cc2ccn(-c3ccccc3)n2)C1=O. The highest BCUT2D eigenvalue weighted by Gasteiger charge is 2.47. The van der Waals surface area contributed by atoms with Gasteiger partial charge in [-0.05, 0) is 25.1 Å². The molecule has 0 unspecified atom stereocenters. The number of carbonyl (C=O) groups is 2. The number of amides is 3. The molecule has 7 heteroatoms. The van der Waals surface area contributed by atoms with E-state index >= 15 is 0 Å². The average Bonchev–Trinajstić information content (AvgIpc) is 3.08. The Hall–Kier alpha value is -2.67. The molecule has 2 aromatic rings. The van der Waals surface area contributed by atoms with Crippen LogP contribution in [0, 0.1) is 0 Å². The van der Waals surface area contributed by atoms with Crippen molar-refractivity contribution in [1.29, 1.82) is 0 Å². The molecule has 3 rings (SSSR count). The maximum absolute atomic E-state index is 12.4. The molecule has 1 saturated heterocycles. The molecular formula is C16H18N4O3. The molecule has 1 aromatic carbocycles. The van der Waals surface area contributed by atoms with Crippen molar-refractivity contribution in [2.45, 2.75) is 19.0 Å². The van der Waals surface area contributed by atoms with Crippen LogP contribution in [0.4, 0.5) is 4.79 Å². The van der Waals surface area contributed by atoms with Crippen molar-refractivity contribution in [2.75, 3.05) is 13.7 Å². The summed E-state index contributed by atoms with van der Waals surface area (Å²) in [5.41, 5.74) is 0.535. The highest BCUT2D eigenvalue weighted by atomic mass is 16.5. The first-order valence-corrected chi connectivity index (χ1v) is 7.26. The number of methoxy groups -OCH3 is 1. The molecule has 2 heterocycles. The summed E-state index contributed by atoms with van der Waals surface area (Å²) >= 11 is 0. The maximum atomic E-state index is 12.4. The summed E-state index contributed by atoms with van der Waals surface area (Å²) in [6, 6.07) is 11.0. The van der Waals surface area contributed by atoms with Gasteiger partial charge in [-0.15, -0.1) is 0 Å². The molecule has 1 atom stereocenters. The van der Waals surface area contributed by atoms with Gasteiger partial charge in [-0.2, -0.15) is 5.10 Å². The number of hydrogen-bond donors (Lipinski definition) is 1. The van der Waals surface area contributed by atoms with E-state index in [2.05, 4.69) is 10.4 Å². The number of hydrogen-bond acceptors (Lipinski definition) is 4. The van der Waals surface area contributed by atoms with Crippen molar-refractivity contribution < 1.29 is 14.3 Å². The van der Waals surface area contributed by atoms with Gasteiger partial charge in [-0.1, -0.05) is 18.2 Å². The van der Waals surface area contributed by atoms with E-state index in [-0.39, 0.29) is 19.1 Å². The summed E-state index contributed by atoms with van der Waals surface area (Å²) in [5.74, 6) is -0.307. The zero-order valence-electron chi connectivity index (χ0n) is 13.0. The van der Waals surface area contributed by atoms with E-state index in [0.717, 1.165) is 10.6 Å². The maximum Gasteiger partial charge on any atom is 0.325 e. The van der Waals surface area contributed by atoms with Gasteiger partial charge >= 0.3 is 6.03 Å². The number of rotatable bonds is 5. The minimum Gasteiger partial charge on any atom is -0.382 e. The molecule has 0 saturated carbocycles. The van der Waals surface area contributed by atoms with Crippen LogP contribution in [-0.4, -0.2) is 45.9 Å². The first-order valence-electron chi connectivity index (χ1n) is 7.26. The molecule has 120 valence electrons. The van der Waals surface area contributed by atoms with Gasteiger partial charge < -0.3 is 10.1 Å². The van der Waals surface area contributed by atoms with Crippen molar-refractivity contribution in [1.82, 2.24) is 20.0 Å². The Bertz CT molecular complexity index is 728. The summed E-state index contributed by atoms with van der Waals surface area (Å²) in [7, 11) is 1.49. The highest BCUT2D eigenvalue weighted by molar-refractivity contribution is 6.06. The van der Waals surface area contributed by atoms with Crippen LogP contribution < -0.4 is 5.32 Å². The quantitative estimate of drug-likeness (QED) is 0.845. The van der Waals surface area contributed by atoms with E-state index in [1.54, 1.807) is 23.9 Å². The Morgan fingerprint density at radius 1 is 1.22 bits per heavy atom. The van der Waals surface area contributed by atoms with Crippen LogP contribution in [0.25, 0.3) is 5.69 Å². The van der Waals surface area contributed by atoms with Gasteiger partial charge in [0.1, 0.15) is 5.54 Å². The molecule has 0 aliphatic carbocycles. The van der Waals surface area contributed by atoms with Crippen LogP contribution in [-0.2, 0) is 16.1 Å². The lowest BCUT2D eigenvalue weighted by molar-refractivity contribution is -0.132. The van der Waals surface area contributed by atoms with Crippen LogP contribution in [0.5, 0.6) is 0 Å². The first kappa shape index (κ1) is 15.2. The molecule has 23 heavy (non-hydrogen) atoms. The summed E-state index contributed by atoms with van der Waals surface area (Å²) < 4.78 is 6.74. The molecule has 0 bridgehead atoms. The highest BCUT2D eigenvalue weighted by Crippen LogP contribution is 2.20. The van der Waals surface area contributed by atoms with Gasteiger partial charge in [0.15, 0.2) is 0 Å². The summed E-state index contributed by atoms with van der Waals surface area (Å²) in [6.07, 6.45) is 1.80. The second-order valence-corrected chi connectivity index (χ2v) is 5.67. The third-order valence-electron chi connectivity index (χ3n) is 3.76. The van der Waals surface area contributed by atoms with Gasteiger partial charge in [0.2, 0.25) is 0 Å². The summed E-state index contributed by atoms with van der Waals surface area (Å²) in [6.45, 7) is 1.91. The second kappa shape index (κ2) is 5.85. The largest absolute Gasteiger partial charge is 0.382 e. The van der Waals surface area contributed by atoms with Crippen molar-refractivity contribution >= 4 is 11.9 Å². The van der Waals surface area contributed by atoms with Crippen LogP contribution in [0.3, 0.4) is 0 Å². The van der Waals surface area contributed by atoms with E-state index in [0.29, 0.717) is 5.69 Å².